The third-order valence-electron chi connectivity index (χ3n) is 5.46. The van der Waals surface area contributed by atoms with Crippen LogP contribution in [0.3, 0.4) is 0 Å². The molecule has 30 heavy (non-hydrogen) atoms. The maximum atomic E-state index is 13.3. The first-order valence-corrected chi connectivity index (χ1v) is 10.5. The number of hydrogen-bond donors (Lipinski definition) is 1. The van der Waals surface area contributed by atoms with Crippen LogP contribution in [0.4, 0.5) is 10.1 Å². The van der Waals surface area contributed by atoms with E-state index in [1.54, 1.807) is 12.1 Å². The summed E-state index contributed by atoms with van der Waals surface area (Å²) in [5.74, 6) is 0.0528. The van der Waals surface area contributed by atoms with E-state index in [9.17, 15) is 9.18 Å². The minimum atomic E-state index is -0.484. The molecule has 2 aromatic carbocycles. The van der Waals surface area contributed by atoms with E-state index in [4.69, 9.17) is 4.74 Å². The molecule has 2 aliphatic heterocycles. The molecule has 6 heteroatoms. The fraction of sp³-hybridized carbons (Fsp3) is 0.333. The van der Waals surface area contributed by atoms with Crippen LogP contribution in [-0.2, 0) is 0 Å². The fourth-order valence-electron chi connectivity index (χ4n) is 3.80. The van der Waals surface area contributed by atoms with Crippen molar-refractivity contribution < 1.29 is 13.9 Å². The van der Waals surface area contributed by atoms with Crippen LogP contribution < -0.4 is 10.1 Å². The minimum Gasteiger partial charge on any atom is -0.492 e. The van der Waals surface area contributed by atoms with Crippen molar-refractivity contribution >= 4 is 23.1 Å². The first kappa shape index (κ1) is 20.3. The van der Waals surface area contributed by atoms with E-state index in [1.165, 1.54) is 25.3 Å². The van der Waals surface area contributed by atoms with Gasteiger partial charge in [-0.2, -0.15) is 4.39 Å². The van der Waals surface area contributed by atoms with Crippen LogP contribution in [0, 0.1) is 0 Å². The molecule has 4 rings (SSSR count). The first-order valence-electron chi connectivity index (χ1n) is 10.5. The van der Waals surface area contributed by atoms with Crippen LogP contribution in [0.15, 0.2) is 59.6 Å². The number of halogens is 1. The average Bonchev–Trinajstić information content (AvgIpc) is 3.21. The van der Waals surface area contributed by atoms with Crippen LogP contribution in [0.25, 0.3) is 5.57 Å². The Morgan fingerprint density at radius 3 is 2.57 bits per heavy atom. The monoisotopic (exact) mass is 407 g/mol. The van der Waals surface area contributed by atoms with Gasteiger partial charge in [0.25, 0.3) is 5.91 Å². The lowest BCUT2D eigenvalue weighted by Crippen LogP contribution is -2.33. The SMILES string of the molecule is O=C(Nc1ccccc1C1=CC(F)=NC1)c1ccc(OCCN2CCCCC2)cc1. The number of likely N-dealkylation sites (tertiary alicyclic amines) is 1. The van der Waals surface area contributed by atoms with Crippen molar-refractivity contribution in [1.82, 2.24) is 4.90 Å². The highest BCUT2D eigenvalue weighted by molar-refractivity contribution is 6.07. The van der Waals surface area contributed by atoms with Gasteiger partial charge in [0, 0.05) is 23.4 Å². The molecule has 2 aromatic rings. The lowest BCUT2D eigenvalue weighted by atomic mass is 10.0. The molecule has 0 aromatic heterocycles. The van der Waals surface area contributed by atoms with E-state index < -0.39 is 5.97 Å². The number of aliphatic imine (C=N–C) groups is 1. The molecule has 1 amide bonds. The molecule has 2 heterocycles. The van der Waals surface area contributed by atoms with Crippen molar-refractivity contribution in [2.75, 3.05) is 38.1 Å². The van der Waals surface area contributed by atoms with Gasteiger partial charge in [-0.3, -0.25) is 14.7 Å². The predicted octanol–water partition coefficient (Wildman–Crippen LogP) is 4.57. The van der Waals surface area contributed by atoms with Crippen molar-refractivity contribution in [2.45, 2.75) is 19.3 Å². The Labute approximate surface area is 176 Å². The van der Waals surface area contributed by atoms with Crippen molar-refractivity contribution in [3.05, 3.63) is 65.7 Å². The van der Waals surface area contributed by atoms with Crippen LogP contribution in [0.2, 0.25) is 0 Å². The molecule has 156 valence electrons. The highest BCUT2D eigenvalue weighted by atomic mass is 19.1. The topological polar surface area (TPSA) is 53.9 Å². The van der Waals surface area contributed by atoms with Gasteiger partial charge in [0.2, 0.25) is 5.97 Å². The second kappa shape index (κ2) is 9.67. The Balaban J connectivity index is 1.34. The summed E-state index contributed by atoms with van der Waals surface area (Å²) >= 11 is 0. The van der Waals surface area contributed by atoms with Gasteiger partial charge in [-0.25, -0.2) is 0 Å². The number of carbonyl (C=O) groups is 1. The number of rotatable bonds is 7. The molecule has 2 aliphatic rings. The normalized spacial score (nSPS) is 16.7. The molecule has 0 saturated carbocycles. The zero-order valence-electron chi connectivity index (χ0n) is 16.9. The highest BCUT2D eigenvalue weighted by Crippen LogP contribution is 2.27. The van der Waals surface area contributed by atoms with E-state index >= 15 is 0 Å². The van der Waals surface area contributed by atoms with Gasteiger partial charge in [0.05, 0.1) is 6.54 Å². The first-order chi connectivity index (χ1) is 14.7. The molecule has 0 atom stereocenters. The van der Waals surface area contributed by atoms with E-state index in [1.807, 2.05) is 36.4 Å². The molecule has 1 saturated heterocycles. The van der Waals surface area contributed by atoms with E-state index in [2.05, 4.69) is 15.2 Å². The summed E-state index contributed by atoms with van der Waals surface area (Å²) in [6, 6.07) is 14.5. The third-order valence-corrected chi connectivity index (χ3v) is 5.46. The van der Waals surface area contributed by atoms with Crippen LogP contribution in [0.5, 0.6) is 5.75 Å². The quantitative estimate of drug-likeness (QED) is 0.732. The molecular weight excluding hydrogens is 381 g/mol. The number of ether oxygens (including phenoxy) is 1. The molecule has 0 aliphatic carbocycles. The second-order valence-electron chi connectivity index (χ2n) is 7.58. The summed E-state index contributed by atoms with van der Waals surface area (Å²) in [5.41, 5.74) is 2.71. The van der Waals surface area contributed by atoms with Crippen LogP contribution in [-0.4, -0.2) is 49.6 Å². The second-order valence-corrected chi connectivity index (χ2v) is 7.58. The molecule has 0 spiro atoms. The zero-order chi connectivity index (χ0) is 20.8. The third kappa shape index (κ3) is 5.13. The maximum Gasteiger partial charge on any atom is 0.255 e. The van der Waals surface area contributed by atoms with Gasteiger partial charge in [0.1, 0.15) is 12.4 Å². The van der Waals surface area contributed by atoms with E-state index in [0.717, 1.165) is 36.5 Å². The summed E-state index contributed by atoms with van der Waals surface area (Å²) in [6.45, 7) is 4.16. The van der Waals surface area contributed by atoms with E-state index in [-0.39, 0.29) is 12.5 Å². The number of nitrogens with one attached hydrogen (secondary N) is 1. The summed E-state index contributed by atoms with van der Waals surface area (Å²) in [5, 5.41) is 2.92. The Morgan fingerprint density at radius 1 is 1.07 bits per heavy atom. The molecule has 0 radical (unpaired) electrons. The van der Waals surface area contributed by atoms with Gasteiger partial charge < -0.3 is 10.1 Å². The minimum absolute atomic E-state index is 0.220. The predicted molar refractivity (Wildman–Crippen MR) is 118 cm³/mol. The largest absolute Gasteiger partial charge is 0.492 e. The number of hydrogen-bond acceptors (Lipinski definition) is 4. The van der Waals surface area contributed by atoms with Gasteiger partial charge in [-0.05, 0) is 67.9 Å². The number of para-hydroxylation sites is 1. The molecule has 1 fully saturated rings. The van der Waals surface area contributed by atoms with Crippen molar-refractivity contribution in [2.24, 2.45) is 4.99 Å². The Bertz CT molecular complexity index is 947. The molecule has 5 nitrogen and oxygen atoms in total. The number of amides is 1. The number of nitrogens with zero attached hydrogens (tertiary/aromatic N) is 2. The Morgan fingerprint density at radius 2 is 1.83 bits per heavy atom. The Hall–Kier alpha value is -2.99. The summed E-state index contributed by atoms with van der Waals surface area (Å²) in [4.78, 5) is 18.9. The van der Waals surface area contributed by atoms with Gasteiger partial charge >= 0.3 is 0 Å². The van der Waals surface area contributed by atoms with Crippen LogP contribution >= 0.6 is 0 Å². The smallest absolute Gasteiger partial charge is 0.255 e. The lowest BCUT2D eigenvalue weighted by Gasteiger charge is -2.26. The summed E-state index contributed by atoms with van der Waals surface area (Å²) in [7, 11) is 0. The number of benzene rings is 2. The van der Waals surface area contributed by atoms with Crippen LogP contribution in [0.1, 0.15) is 35.2 Å². The standard InChI is InChI=1S/C24H26FN3O2/c25-23-16-19(17-26-23)21-6-2-3-7-22(21)27-24(29)18-8-10-20(11-9-18)30-15-14-28-12-4-1-5-13-28/h2-3,6-11,16H,1,4-5,12-15,17H2,(H,27,29). The van der Waals surface area contributed by atoms with Crippen molar-refractivity contribution in [3.63, 3.8) is 0 Å². The van der Waals surface area contributed by atoms with E-state index in [0.29, 0.717) is 17.9 Å². The summed E-state index contributed by atoms with van der Waals surface area (Å²) < 4.78 is 19.2. The molecule has 1 N–H and O–H groups in total. The molecule has 0 unspecified atom stereocenters. The van der Waals surface area contributed by atoms with Gasteiger partial charge in [-0.1, -0.05) is 24.6 Å². The van der Waals surface area contributed by atoms with Gasteiger partial charge in [-0.15, -0.1) is 0 Å². The molecule has 0 bridgehead atoms. The Kier molecular flexibility index (Phi) is 6.54. The number of piperidine rings is 1. The number of carbonyl (C=O) groups excluding carboxylic acids is 1. The zero-order valence-corrected chi connectivity index (χ0v) is 16.9. The van der Waals surface area contributed by atoms with Crippen molar-refractivity contribution in [1.29, 1.82) is 0 Å². The van der Waals surface area contributed by atoms with Crippen molar-refractivity contribution in [3.8, 4) is 5.75 Å². The fourth-order valence-corrected chi connectivity index (χ4v) is 3.80. The highest BCUT2D eigenvalue weighted by Gasteiger charge is 2.15. The average molecular weight is 407 g/mol. The van der Waals surface area contributed by atoms with Gasteiger partial charge in [0.15, 0.2) is 0 Å². The number of anilines is 1. The molecular formula is C24H26FN3O2. The summed E-state index contributed by atoms with van der Waals surface area (Å²) in [6.07, 6.45) is 5.27. The lowest BCUT2D eigenvalue weighted by molar-refractivity contribution is 0.102. The number of allylic oxidation sites excluding steroid dienone is 1. The maximum absolute atomic E-state index is 13.3.